The number of benzene rings is 3. The predicted octanol–water partition coefficient (Wildman–Crippen LogP) is 5.49. The van der Waals surface area contributed by atoms with E-state index in [1.165, 1.54) is 35.4 Å². The van der Waals surface area contributed by atoms with Crippen molar-refractivity contribution in [2.75, 3.05) is 6.61 Å². The number of hydrogen-bond donors (Lipinski definition) is 0. The molecule has 0 atom stereocenters. The maximum atomic E-state index is 13.7. The third kappa shape index (κ3) is 3.98. The van der Waals surface area contributed by atoms with Gasteiger partial charge in [-0.3, -0.25) is 4.79 Å². The molecule has 0 aromatic heterocycles. The van der Waals surface area contributed by atoms with Crippen molar-refractivity contribution in [1.82, 2.24) is 0 Å². The molecule has 0 fully saturated rings. The Morgan fingerprint density at radius 1 is 1.00 bits per heavy atom. The number of rotatable bonds is 5. The summed E-state index contributed by atoms with van der Waals surface area (Å²) < 4.78 is 18.7. The molecular weight excluding hydrogens is 391 g/mol. The number of halogens is 2. The molecule has 3 nitrogen and oxygen atoms in total. The Morgan fingerprint density at radius 3 is 2.62 bits per heavy atom. The zero-order chi connectivity index (χ0) is 20.4. The number of esters is 1. The highest BCUT2D eigenvalue weighted by molar-refractivity contribution is 6.32. The number of carbonyl (C=O) groups is 2. The molecule has 0 amide bonds. The Balaban J connectivity index is 1.42. The summed E-state index contributed by atoms with van der Waals surface area (Å²) >= 11 is 5.91. The lowest BCUT2D eigenvalue weighted by atomic mass is 10.0. The minimum atomic E-state index is -0.746. The Kier molecular flexibility index (Phi) is 5.28. The quantitative estimate of drug-likeness (QED) is 0.250. The molecule has 0 heterocycles. The molecule has 0 radical (unpaired) electrons. The molecule has 4 rings (SSSR count). The minimum Gasteiger partial charge on any atom is -0.454 e. The van der Waals surface area contributed by atoms with Crippen molar-refractivity contribution in [3.05, 3.63) is 99.8 Å². The van der Waals surface area contributed by atoms with Gasteiger partial charge in [0.05, 0.1) is 5.02 Å². The molecule has 0 bridgehead atoms. The Labute approximate surface area is 172 Å². The average Bonchev–Trinajstić information content (AvgIpc) is 3.09. The zero-order valence-corrected chi connectivity index (χ0v) is 16.1. The van der Waals surface area contributed by atoms with Crippen LogP contribution in [0.2, 0.25) is 5.02 Å². The van der Waals surface area contributed by atoms with Crippen molar-refractivity contribution in [2.45, 2.75) is 6.42 Å². The third-order valence-corrected chi connectivity index (χ3v) is 5.18. The maximum absolute atomic E-state index is 13.7. The fourth-order valence-corrected chi connectivity index (χ4v) is 3.61. The first-order valence-electron chi connectivity index (χ1n) is 9.06. The van der Waals surface area contributed by atoms with E-state index >= 15 is 0 Å². The van der Waals surface area contributed by atoms with Gasteiger partial charge >= 0.3 is 5.97 Å². The second-order valence-electron chi connectivity index (χ2n) is 6.71. The minimum absolute atomic E-state index is 0.0923. The van der Waals surface area contributed by atoms with E-state index in [-0.39, 0.29) is 16.4 Å². The highest BCUT2D eigenvalue weighted by Gasteiger charge is 2.19. The van der Waals surface area contributed by atoms with Crippen LogP contribution in [-0.2, 0) is 16.0 Å². The standard InChI is InChI=1S/C24H16ClFO3/c25-21-6-3-7-22(26)19(21)10-11-24(28)29-14-23(27)17-9-8-16-12-15-4-1-2-5-18(15)20(16)13-17/h1-11,13H,12,14H2/b11-10+. The van der Waals surface area contributed by atoms with Gasteiger partial charge in [0.25, 0.3) is 0 Å². The molecule has 3 aromatic carbocycles. The summed E-state index contributed by atoms with van der Waals surface area (Å²) in [7, 11) is 0. The average molecular weight is 407 g/mol. The van der Waals surface area contributed by atoms with Crippen LogP contribution in [0.15, 0.2) is 66.7 Å². The van der Waals surface area contributed by atoms with Gasteiger partial charge in [0.1, 0.15) is 5.82 Å². The SMILES string of the molecule is O=C(/C=C/c1c(F)cccc1Cl)OCC(=O)c1ccc2c(c1)-c1ccccc1C2. The van der Waals surface area contributed by atoms with Gasteiger partial charge in [0, 0.05) is 17.2 Å². The molecule has 29 heavy (non-hydrogen) atoms. The molecule has 3 aromatic rings. The molecule has 0 spiro atoms. The lowest BCUT2D eigenvalue weighted by Crippen LogP contribution is -2.12. The Morgan fingerprint density at radius 2 is 1.79 bits per heavy atom. The van der Waals surface area contributed by atoms with Gasteiger partial charge in [-0.2, -0.15) is 0 Å². The van der Waals surface area contributed by atoms with E-state index in [2.05, 4.69) is 6.07 Å². The van der Waals surface area contributed by atoms with Crippen LogP contribution in [0.25, 0.3) is 17.2 Å². The van der Waals surface area contributed by atoms with Crippen LogP contribution in [0.1, 0.15) is 27.0 Å². The summed E-state index contributed by atoms with van der Waals surface area (Å²) in [6.45, 7) is -0.394. The summed E-state index contributed by atoms with van der Waals surface area (Å²) in [5.74, 6) is -1.59. The highest BCUT2D eigenvalue weighted by atomic mass is 35.5. The van der Waals surface area contributed by atoms with Gasteiger partial charge < -0.3 is 4.74 Å². The predicted molar refractivity (Wildman–Crippen MR) is 110 cm³/mol. The molecule has 5 heteroatoms. The van der Waals surface area contributed by atoms with Crippen LogP contribution < -0.4 is 0 Å². The van der Waals surface area contributed by atoms with E-state index in [1.54, 1.807) is 6.07 Å². The van der Waals surface area contributed by atoms with Crippen LogP contribution in [0.3, 0.4) is 0 Å². The first kappa shape index (κ1) is 19.1. The summed E-state index contributed by atoms with van der Waals surface area (Å²) in [5.41, 5.74) is 5.13. The van der Waals surface area contributed by atoms with Gasteiger partial charge in [-0.1, -0.05) is 54.1 Å². The van der Waals surface area contributed by atoms with Crippen molar-refractivity contribution in [3.8, 4) is 11.1 Å². The zero-order valence-electron chi connectivity index (χ0n) is 15.3. The van der Waals surface area contributed by atoms with E-state index in [1.807, 2.05) is 30.3 Å². The van der Waals surface area contributed by atoms with Crippen LogP contribution in [0.4, 0.5) is 4.39 Å². The Bertz CT molecular complexity index is 1130. The van der Waals surface area contributed by atoms with Crippen LogP contribution in [0.5, 0.6) is 0 Å². The largest absolute Gasteiger partial charge is 0.454 e. The molecule has 0 N–H and O–H groups in total. The summed E-state index contributed by atoms with van der Waals surface area (Å²) in [6, 6.07) is 17.8. The van der Waals surface area contributed by atoms with Gasteiger partial charge in [-0.05, 0) is 52.9 Å². The van der Waals surface area contributed by atoms with Crippen molar-refractivity contribution < 1.29 is 18.7 Å². The van der Waals surface area contributed by atoms with Crippen molar-refractivity contribution >= 4 is 29.4 Å². The highest BCUT2D eigenvalue weighted by Crippen LogP contribution is 2.36. The summed E-state index contributed by atoms with van der Waals surface area (Å²) in [4.78, 5) is 24.4. The second kappa shape index (κ2) is 8.02. The smallest absolute Gasteiger partial charge is 0.331 e. The van der Waals surface area contributed by atoms with Crippen LogP contribution in [0, 0.1) is 5.82 Å². The van der Waals surface area contributed by atoms with E-state index in [0.29, 0.717) is 5.56 Å². The van der Waals surface area contributed by atoms with Gasteiger partial charge in [-0.15, -0.1) is 0 Å². The number of fused-ring (bicyclic) bond motifs is 3. The van der Waals surface area contributed by atoms with Crippen molar-refractivity contribution in [1.29, 1.82) is 0 Å². The maximum Gasteiger partial charge on any atom is 0.331 e. The van der Waals surface area contributed by atoms with E-state index < -0.39 is 18.4 Å². The number of carbonyl (C=O) groups excluding carboxylic acids is 2. The van der Waals surface area contributed by atoms with Gasteiger partial charge in [-0.25, -0.2) is 9.18 Å². The molecule has 0 saturated heterocycles. The lowest BCUT2D eigenvalue weighted by molar-refractivity contribution is -0.136. The number of ketones is 1. The van der Waals surface area contributed by atoms with Crippen molar-refractivity contribution in [3.63, 3.8) is 0 Å². The Hall–Kier alpha value is -3.24. The summed E-state index contributed by atoms with van der Waals surface area (Å²) in [5, 5.41) is 0.184. The number of hydrogen-bond acceptors (Lipinski definition) is 3. The number of Topliss-reactive ketones (excluding diaryl/α,β-unsaturated/α-hetero) is 1. The first-order valence-corrected chi connectivity index (χ1v) is 9.44. The summed E-state index contributed by atoms with van der Waals surface area (Å²) in [6.07, 6.45) is 3.13. The normalized spacial score (nSPS) is 11.9. The topological polar surface area (TPSA) is 43.4 Å². The second-order valence-corrected chi connectivity index (χ2v) is 7.11. The van der Waals surface area contributed by atoms with Crippen molar-refractivity contribution in [2.24, 2.45) is 0 Å². The molecule has 1 aliphatic carbocycles. The molecule has 144 valence electrons. The first-order chi connectivity index (χ1) is 14.0. The fraction of sp³-hybridized carbons (Fsp3) is 0.0833. The fourth-order valence-electron chi connectivity index (χ4n) is 3.39. The van der Waals surface area contributed by atoms with Crippen LogP contribution >= 0.6 is 11.6 Å². The monoisotopic (exact) mass is 406 g/mol. The lowest BCUT2D eigenvalue weighted by Gasteiger charge is -2.06. The van der Waals surface area contributed by atoms with E-state index in [4.69, 9.17) is 16.3 Å². The molecule has 0 aliphatic heterocycles. The van der Waals surface area contributed by atoms with Crippen LogP contribution in [-0.4, -0.2) is 18.4 Å². The van der Waals surface area contributed by atoms with E-state index in [9.17, 15) is 14.0 Å². The van der Waals surface area contributed by atoms with E-state index in [0.717, 1.165) is 23.6 Å². The molecular formula is C24H16ClFO3. The molecule has 0 unspecified atom stereocenters. The molecule has 0 saturated carbocycles. The van der Waals surface area contributed by atoms with Gasteiger partial charge in [0.2, 0.25) is 0 Å². The van der Waals surface area contributed by atoms with Gasteiger partial charge in [0.15, 0.2) is 12.4 Å². The third-order valence-electron chi connectivity index (χ3n) is 4.85. The molecule has 1 aliphatic rings. The number of ether oxygens (including phenoxy) is 1.